The van der Waals surface area contributed by atoms with E-state index >= 15 is 0 Å². The molecule has 0 nitrogen and oxygen atoms in total. The van der Waals surface area contributed by atoms with Gasteiger partial charge in [0.1, 0.15) is 7.38 Å². The Hall–Kier alpha value is 0.857. The Kier molecular flexibility index (Phi) is 30.1. The van der Waals surface area contributed by atoms with Crippen molar-refractivity contribution in [3.63, 3.8) is 0 Å². The van der Waals surface area contributed by atoms with Gasteiger partial charge in [0.2, 0.25) is 0 Å². The first-order valence-corrected chi connectivity index (χ1v) is 21.2. The molecule has 0 saturated heterocycles. The van der Waals surface area contributed by atoms with E-state index in [4.69, 9.17) is 11.1 Å². The van der Waals surface area contributed by atoms with Gasteiger partial charge in [-0.1, -0.05) is 186 Å². The van der Waals surface area contributed by atoms with Crippen molar-refractivity contribution in [1.82, 2.24) is 0 Å². The standard InChI is InChI=1S/C32H67ClSSi/c1-35(2,33)32-30-28-26-24-22-20-18-16-14-12-10-8-6-4-3-5-7-9-11-13-15-17-19-21-23-25-27-29-31-34/h34H,3-32H2,1-2H3. The van der Waals surface area contributed by atoms with Gasteiger partial charge >= 0.3 is 0 Å². The molecule has 0 fully saturated rings. The summed E-state index contributed by atoms with van der Waals surface area (Å²) in [5.41, 5.74) is 0. The maximum absolute atomic E-state index is 6.39. The molecule has 212 valence electrons. The van der Waals surface area contributed by atoms with Crippen LogP contribution in [0.3, 0.4) is 0 Å². The average Bonchev–Trinajstić information content (AvgIpc) is 2.82. The van der Waals surface area contributed by atoms with Gasteiger partial charge in [0.05, 0.1) is 0 Å². The molecular formula is C32H67ClSSi. The van der Waals surface area contributed by atoms with E-state index in [0.29, 0.717) is 0 Å². The monoisotopic (exact) mass is 546 g/mol. The molecule has 3 heteroatoms. The molecule has 35 heavy (non-hydrogen) atoms. The summed E-state index contributed by atoms with van der Waals surface area (Å²) < 4.78 is 0. The van der Waals surface area contributed by atoms with E-state index in [1.165, 1.54) is 186 Å². The van der Waals surface area contributed by atoms with E-state index < -0.39 is 7.38 Å². The SMILES string of the molecule is C[Si](C)(Cl)CCCCCCCCCCCCCCCCCCCCCCCCCCCCCCS. The maximum Gasteiger partial charge on any atom is 0.150 e. The Morgan fingerprint density at radius 1 is 0.343 bits per heavy atom. The van der Waals surface area contributed by atoms with E-state index in [-0.39, 0.29) is 0 Å². The van der Waals surface area contributed by atoms with Crippen molar-refractivity contribution in [2.75, 3.05) is 5.75 Å². The summed E-state index contributed by atoms with van der Waals surface area (Å²) in [7, 11) is -1.31. The number of thiol groups is 1. The fourth-order valence-electron chi connectivity index (χ4n) is 5.25. The second-order valence-electron chi connectivity index (χ2n) is 12.1. The molecule has 0 aliphatic rings. The Bertz CT molecular complexity index is 382. The summed E-state index contributed by atoms with van der Waals surface area (Å²) in [5, 5.41) is 0. The molecule has 0 N–H and O–H groups in total. The Balaban J connectivity index is 3.03. The quantitative estimate of drug-likeness (QED) is 0.0393. The highest BCUT2D eigenvalue weighted by Crippen LogP contribution is 2.20. The molecule has 0 aromatic heterocycles. The molecule has 0 amide bonds. The Morgan fingerprint density at radius 2 is 0.514 bits per heavy atom. The van der Waals surface area contributed by atoms with Crippen LogP contribution in [0.1, 0.15) is 180 Å². The Morgan fingerprint density at radius 3 is 0.686 bits per heavy atom. The molecule has 0 aliphatic carbocycles. The van der Waals surface area contributed by atoms with Crippen LogP contribution >= 0.6 is 23.7 Å². The lowest BCUT2D eigenvalue weighted by atomic mass is 10.0. The van der Waals surface area contributed by atoms with Gasteiger partial charge in [0.15, 0.2) is 0 Å². The number of unbranched alkanes of at least 4 members (excludes halogenated alkanes) is 27. The first kappa shape index (κ1) is 35.9. The smallest absolute Gasteiger partial charge is 0.150 e. The summed E-state index contributed by atoms with van der Waals surface area (Å²) in [6.07, 6.45) is 40.8. The van der Waals surface area contributed by atoms with Gasteiger partial charge < -0.3 is 0 Å². The van der Waals surface area contributed by atoms with Crippen LogP contribution in [0.4, 0.5) is 0 Å². The number of halogens is 1. The minimum atomic E-state index is -1.31. The third-order valence-electron chi connectivity index (χ3n) is 7.68. The van der Waals surface area contributed by atoms with E-state index in [1.807, 2.05) is 0 Å². The van der Waals surface area contributed by atoms with E-state index in [0.717, 1.165) is 5.75 Å². The molecule has 0 saturated carbocycles. The highest BCUT2D eigenvalue weighted by Gasteiger charge is 2.15. The van der Waals surface area contributed by atoms with Gasteiger partial charge in [0.25, 0.3) is 0 Å². The van der Waals surface area contributed by atoms with Gasteiger partial charge in [-0.3, -0.25) is 0 Å². The van der Waals surface area contributed by atoms with Crippen LogP contribution in [-0.4, -0.2) is 13.1 Å². The first-order chi connectivity index (χ1) is 17.1. The maximum atomic E-state index is 6.39. The summed E-state index contributed by atoms with van der Waals surface area (Å²) in [6.45, 7) is 4.55. The van der Waals surface area contributed by atoms with Gasteiger partial charge in [-0.2, -0.15) is 23.7 Å². The van der Waals surface area contributed by atoms with Crippen molar-refractivity contribution in [2.24, 2.45) is 0 Å². The van der Waals surface area contributed by atoms with Crippen molar-refractivity contribution in [3.8, 4) is 0 Å². The third-order valence-corrected chi connectivity index (χ3v) is 10.1. The van der Waals surface area contributed by atoms with Crippen LogP contribution in [0.25, 0.3) is 0 Å². The normalized spacial score (nSPS) is 12.0. The van der Waals surface area contributed by atoms with E-state index in [2.05, 4.69) is 25.7 Å². The molecule has 0 radical (unpaired) electrons. The molecule has 0 atom stereocenters. The van der Waals surface area contributed by atoms with Gasteiger partial charge in [-0.05, 0) is 18.2 Å². The fraction of sp³-hybridized carbons (Fsp3) is 1.00. The predicted molar refractivity (Wildman–Crippen MR) is 171 cm³/mol. The van der Waals surface area contributed by atoms with Crippen LogP contribution in [0.5, 0.6) is 0 Å². The zero-order valence-corrected chi connectivity index (χ0v) is 27.2. The molecule has 0 aromatic rings. The molecule has 0 aliphatic heterocycles. The molecule has 0 bridgehead atoms. The fourth-order valence-corrected chi connectivity index (χ4v) is 6.97. The largest absolute Gasteiger partial charge is 0.179 e. The molecule has 0 spiro atoms. The van der Waals surface area contributed by atoms with Crippen molar-refractivity contribution >= 4 is 31.1 Å². The van der Waals surface area contributed by atoms with Crippen LogP contribution in [0.15, 0.2) is 0 Å². The van der Waals surface area contributed by atoms with E-state index in [1.54, 1.807) is 0 Å². The highest BCUT2D eigenvalue weighted by molar-refractivity contribution is 7.80. The Labute approximate surface area is 235 Å². The lowest BCUT2D eigenvalue weighted by molar-refractivity contribution is 0.514. The molecular weight excluding hydrogens is 480 g/mol. The van der Waals surface area contributed by atoms with Gasteiger partial charge in [0, 0.05) is 0 Å². The minimum Gasteiger partial charge on any atom is -0.179 e. The number of hydrogen-bond donors (Lipinski definition) is 1. The number of hydrogen-bond acceptors (Lipinski definition) is 1. The van der Waals surface area contributed by atoms with Crippen molar-refractivity contribution in [2.45, 2.75) is 199 Å². The summed E-state index contributed by atoms with van der Waals surface area (Å²) in [5.74, 6) is 1.07. The summed E-state index contributed by atoms with van der Waals surface area (Å²) in [4.78, 5) is 0. The number of rotatable bonds is 30. The first-order valence-electron chi connectivity index (χ1n) is 16.4. The van der Waals surface area contributed by atoms with Crippen LogP contribution in [0.2, 0.25) is 19.1 Å². The van der Waals surface area contributed by atoms with Crippen molar-refractivity contribution in [3.05, 3.63) is 0 Å². The lowest BCUT2D eigenvalue weighted by Crippen LogP contribution is -2.14. The zero-order chi connectivity index (χ0) is 25.7. The molecule has 0 heterocycles. The minimum absolute atomic E-state index is 1.07. The van der Waals surface area contributed by atoms with E-state index in [9.17, 15) is 0 Å². The highest BCUT2D eigenvalue weighted by atomic mass is 35.6. The topological polar surface area (TPSA) is 0 Å². The van der Waals surface area contributed by atoms with Gasteiger partial charge in [-0.25, -0.2) is 0 Å². The average molecular weight is 547 g/mol. The van der Waals surface area contributed by atoms with Crippen molar-refractivity contribution in [1.29, 1.82) is 0 Å². The third kappa shape index (κ3) is 34.9. The lowest BCUT2D eigenvalue weighted by Gasteiger charge is -2.11. The van der Waals surface area contributed by atoms with Crippen molar-refractivity contribution < 1.29 is 0 Å². The zero-order valence-electron chi connectivity index (χ0n) is 24.5. The van der Waals surface area contributed by atoms with Crippen LogP contribution in [0, 0.1) is 0 Å². The molecule has 0 rings (SSSR count). The molecule has 0 aromatic carbocycles. The van der Waals surface area contributed by atoms with Crippen LogP contribution < -0.4 is 0 Å². The second-order valence-corrected chi connectivity index (χ2v) is 19.5. The van der Waals surface area contributed by atoms with Gasteiger partial charge in [-0.15, -0.1) is 0 Å². The molecule has 0 unspecified atom stereocenters. The second kappa shape index (κ2) is 29.4. The summed E-state index contributed by atoms with van der Waals surface area (Å²) >= 11 is 10.7. The predicted octanol–water partition coefficient (Wildman–Crippen LogP) is 13.3. The van der Waals surface area contributed by atoms with Crippen LogP contribution in [-0.2, 0) is 0 Å². The summed E-state index contributed by atoms with van der Waals surface area (Å²) in [6, 6.07) is 1.30.